The molecule has 0 saturated heterocycles. The van der Waals surface area contributed by atoms with Gasteiger partial charge in [-0.1, -0.05) is 12.1 Å². The molecule has 0 bridgehead atoms. The van der Waals surface area contributed by atoms with Crippen molar-refractivity contribution in [2.45, 2.75) is 20.4 Å². The van der Waals surface area contributed by atoms with Gasteiger partial charge in [0.2, 0.25) is 5.95 Å². The highest BCUT2D eigenvalue weighted by molar-refractivity contribution is 5.92. The highest BCUT2D eigenvalue weighted by atomic mass is 15.4. The number of aryl methyl sites for hydroxylation is 2. The Bertz CT molecular complexity index is 1270. The van der Waals surface area contributed by atoms with Crippen LogP contribution in [0.1, 0.15) is 17.1 Å². The third-order valence-corrected chi connectivity index (χ3v) is 4.38. The number of nitrogens with zero attached hydrogens (tertiary/aromatic N) is 6. The Labute approximate surface area is 149 Å². The first-order valence-electron chi connectivity index (χ1n) is 8.47. The van der Waals surface area contributed by atoms with Gasteiger partial charge in [-0.05, 0) is 43.7 Å². The molecule has 26 heavy (non-hydrogen) atoms. The van der Waals surface area contributed by atoms with Crippen LogP contribution in [0.15, 0.2) is 48.8 Å². The number of imidazole rings is 1. The number of para-hydroxylation sites is 1. The Morgan fingerprint density at radius 1 is 1.04 bits per heavy atom. The summed E-state index contributed by atoms with van der Waals surface area (Å²) in [6, 6.07) is 12.1. The average Bonchev–Trinajstić information content (AvgIpc) is 3.22. The van der Waals surface area contributed by atoms with E-state index in [-0.39, 0.29) is 0 Å². The van der Waals surface area contributed by atoms with Crippen LogP contribution in [0, 0.1) is 13.8 Å². The van der Waals surface area contributed by atoms with E-state index in [1.54, 1.807) is 4.52 Å². The Kier molecular flexibility index (Phi) is 3.15. The number of hydrogen-bond donors (Lipinski definition) is 1. The van der Waals surface area contributed by atoms with Crippen LogP contribution in [-0.2, 0) is 6.54 Å². The maximum absolute atomic E-state index is 4.71. The van der Waals surface area contributed by atoms with Gasteiger partial charge >= 0.3 is 0 Å². The zero-order valence-corrected chi connectivity index (χ0v) is 14.5. The van der Waals surface area contributed by atoms with Gasteiger partial charge in [-0.3, -0.25) is 0 Å². The SMILES string of the molecule is Cc1ccn2cc(CNc3nc4ccccc4c4nc(C)nn34)nc2c1. The molecule has 5 rings (SSSR count). The number of rotatable bonds is 3. The smallest absolute Gasteiger partial charge is 0.226 e. The van der Waals surface area contributed by atoms with E-state index in [0.717, 1.165) is 33.7 Å². The van der Waals surface area contributed by atoms with E-state index in [0.29, 0.717) is 12.5 Å². The van der Waals surface area contributed by atoms with Crippen molar-refractivity contribution in [3.8, 4) is 0 Å². The standard InChI is InChI=1S/C19H17N7/c1-12-7-8-25-11-14(22-17(25)9-12)10-20-19-23-16-6-4-3-5-15(16)18-21-13(2)24-26(18)19/h3-9,11H,10H2,1-2H3,(H,20,23). The molecule has 5 aromatic rings. The minimum atomic E-state index is 0.556. The first kappa shape index (κ1) is 14.8. The molecule has 4 heterocycles. The van der Waals surface area contributed by atoms with Gasteiger partial charge in [0.1, 0.15) is 11.5 Å². The van der Waals surface area contributed by atoms with Crippen LogP contribution in [-0.4, -0.2) is 29.0 Å². The van der Waals surface area contributed by atoms with E-state index in [1.807, 2.05) is 48.0 Å². The fourth-order valence-electron chi connectivity index (χ4n) is 3.16. The van der Waals surface area contributed by atoms with Crippen molar-refractivity contribution in [3.63, 3.8) is 0 Å². The van der Waals surface area contributed by atoms with Gasteiger partial charge in [-0.25, -0.2) is 15.0 Å². The number of aromatic nitrogens is 6. The van der Waals surface area contributed by atoms with Crippen LogP contribution in [0.5, 0.6) is 0 Å². The van der Waals surface area contributed by atoms with Crippen molar-refractivity contribution in [3.05, 3.63) is 65.9 Å². The van der Waals surface area contributed by atoms with Crippen LogP contribution in [0.2, 0.25) is 0 Å². The number of hydrogen-bond acceptors (Lipinski definition) is 5. The molecule has 0 spiro atoms. The van der Waals surface area contributed by atoms with Crippen molar-refractivity contribution >= 4 is 28.1 Å². The lowest BCUT2D eigenvalue weighted by Crippen LogP contribution is -2.08. The van der Waals surface area contributed by atoms with Gasteiger partial charge < -0.3 is 9.72 Å². The van der Waals surface area contributed by atoms with Crippen LogP contribution < -0.4 is 5.32 Å². The summed E-state index contributed by atoms with van der Waals surface area (Å²) in [5.41, 5.74) is 4.77. The molecule has 7 nitrogen and oxygen atoms in total. The fourth-order valence-corrected chi connectivity index (χ4v) is 3.16. The Morgan fingerprint density at radius 2 is 1.92 bits per heavy atom. The highest BCUT2D eigenvalue weighted by Crippen LogP contribution is 2.20. The minimum absolute atomic E-state index is 0.556. The van der Waals surface area contributed by atoms with Crippen molar-refractivity contribution in [2.24, 2.45) is 0 Å². The number of pyridine rings is 1. The van der Waals surface area contributed by atoms with Gasteiger partial charge in [0.25, 0.3) is 0 Å². The summed E-state index contributed by atoms with van der Waals surface area (Å²) in [7, 11) is 0. The molecule has 0 aliphatic heterocycles. The van der Waals surface area contributed by atoms with E-state index in [4.69, 9.17) is 4.98 Å². The molecule has 4 aromatic heterocycles. The van der Waals surface area contributed by atoms with E-state index in [9.17, 15) is 0 Å². The number of anilines is 1. The molecule has 128 valence electrons. The lowest BCUT2D eigenvalue weighted by molar-refractivity contribution is 0.893. The Hall–Kier alpha value is -3.48. The largest absolute Gasteiger partial charge is 0.348 e. The third-order valence-electron chi connectivity index (χ3n) is 4.38. The molecule has 7 heteroatoms. The molecule has 0 radical (unpaired) electrons. The summed E-state index contributed by atoms with van der Waals surface area (Å²) in [6.07, 6.45) is 4.04. The molecular weight excluding hydrogens is 326 g/mol. The molecule has 0 saturated carbocycles. The fraction of sp³-hybridized carbons (Fsp3) is 0.158. The second-order valence-corrected chi connectivity index (χ2v) is 6.40. The van der Waals surface area contributed by atoms with Crippen LogP contribution >= 0.6 is 0 Å². The molecule has 0 fully saturated rings. The zero-order valence-electron chi connectivity index (χ0n) is 14.5. The maximum atomic E-state index is 4.71. The summed E-state index contributed by atoms with van der Waals surface area (Å²) in [5, 5.41) is 8.83. The molecule has 0 aliphatic rings. The zero-order chi connectivity index (χ0) is 17.7. The first-order valence-corrected chi connectivity index (χ1v) is 8.47. The molecule has 0 atom stereocenters. The minimum Gasteiger partial charge on any atom is -0.348 e. The van der Waals surface area contributed by atoms with E-state index in [1.165, 1.54) is 5.56 Å². The predicted octanol–water partition coefficient (Wildman–Crippen LogP) is 3.15. The van der Waals surface area contributed by atoms with E-state index >= 15 is 0 Å². The highest BCUT2D eigenvalue weighted by Gasteiger charge is 2.12. The second kappa shape index (κ2) is 5.52. The quantitative estimate of drug-likeness (QED) is 0.545. The van der Waals surface area contributed by atoms with Crippen molar-refractivity contribution in [1.82, 2.24) is 29.0 Å². The Balaban J connectivity index is 1.55. The molecule has 0 aliphatic carbocycles. The van der Waals surface area contributed by atoms with Gasteiger partial charge in [-0.2, -0.15) is 4.52 Å². The molecule has 0 amide bonds. The average molecular weight is 343 g/mol. The van der Waals surface area contributed by atoms with Crippen molar-refractivity contribution in [2.75, 3.05) is 5.32 Å². The van der Waals surface area contributed by atoms with Gasteiger partial charge in [-0.15, -0.1) is 5.10 Å². The topological polar surface area (TPSA) is 72.4 Å². The lowest BCUT2D eigenvalue weighted by Gasteiger charge is -2.07. The van der Waals surface area contributed by atoms with Crippen molar-refractivity contribution < 1.29 is 0 Å². The van der Waals surface area contributed by atoms with Crippen molar-refractivity contribution in [1.29, 1.82) is 0 Å². The normalized spacial score (nSPS) is 11.6. The van der Waals surface area contributed by atoms with Crippen LogP contribution in [0.25, 0.3) is 22.2 Å². The molecule has 1 aromatic carbocycles. The molecule has 0 unspecified atom stereocenters. The van der Waals surface area contributed by atoms with E-state index < -0.39 is 0 Å². The summed E-state index contributed by atoms with van der Waals surface area (Å²) >= 11 is 0. The number of nitrogens with one attached hydrogen (secondary N) is 1. The summed E-state index contributed by atoms with van der Waals surface area (Å²) in [4.78, 5) is 13.9. The molecular formula is C19H17N7. The summed E-state index contributed by atoms with van der Waals surface area (Å²) < 4.78 is 3.78. The number of fused-ring (bicyclic) bond motifs is 4. The van der Waals surface area contributed by atoms with Crippen LogP contribution in [0.3, 0.4) is 0 Å². The summed E-state index contributed by atoms with van der Waals surface area (Å²) in [5.74, 6) is 1.38. The maximum Gasteiger partial charge on any atom is 0.226 e. The molecule has 1 N–H and O–H groups in total. The summed E-state index contributed by atoms with van der Waals surface area (Å²) in [6.45, 7) is 4.51. The monoisotopic (exact) mass is 343 g/mol. The predicted molar refractivity (Wildman–Crippen MR) is 100 cm³/mol. The first-order chi connectivity index (χ1) is 12.7. The Morgan fingerprint density at radius 3 is 2.85 bits per heavy atom. The van der Waals surface area contributed by atoms with Gasteiger partial charge in [0, 0.05) is 17.8 Å². The third kappa shape index (κ3) is 2.36. The lowest BCUT2D eigenvalue weighted by atomic mass is 10.2. The van der Waals surface area contributed by atoms with E-state index in [2.05, 4.69) is 39.4 Å². The number of benzene rings is 1. The van der Waals surface area contributed by atoms with Gasteiger partial charge in [0.15, 0.2) is 5.65 Å². The van der Waals surface area contributed by atoms with Crippen LogP contribution in [0.4, 0.5) is 5.95 Å². The second-order valence-electron chi connectivity index (χ2n) is 6.40. The van der Waals surface area contributed by atoms with Gasteiger partial charge in [0.05, 0.1) is 17.8 Å².